The molecular weight excluding hydrogens is 275 g/mol. The van der Waals surface area contributed by atoms with Crippen molar-refractivity contribution in [3.05, 3.63) is 34.6 Å². The molecule has 1 aromatic rings. The Balaban J connectivity index is 2.13. The predicted molar refractivity (Wildman–Crippen MR) is 83.6 cm³/mol. The van der Waals surface area contributed by atoms with Crippen LogP contribution in [0, 0.1) is 5.82 Å². The average molecular weight is 301 g/mol. The summed E-state index contributed by atoms with van der Waals surface area (Å²) in [6.07, 6.45) is 10.2. The molecule has 1 nitrogen and oxygen atoms in total. The van der Waals surface area contributed by atoms with Crippen LogP contribution in [0.1, 0.15) is 76.4 Å². The van der Waals surface area contributed by atoms with Gasteiger partial charge in [0.15, 0.2) is 0 Å². The Hall–Kier alpha value is -0.600. The SMILES string of the molecule is CCCCCCCCCCC(O)c1ccc(F)c(Cl)c1. The number of hydrogen-bond donors (Lipinski definition) is 1. The summed E-state index contributed by atoms with van der Waals surface area (Å²) in [5.41, 5.74) is 0.708. The van der Waals surface area contributed by atoms with Crippen molar-refractivity contribution in [1.29, 1.82) is 0 Å². The smallest absolute Gasteiger partial charge is 0.141 e. The lowest BCUT2D eigenvalue weighted by atomic mass is 10.0. The van der Waals surface area contributed by atoms with Gasteiger partial charge in [0.25, 0.3) is 0 Å². The second-order valence-corrected chi connectivity index (χ2v) is 5.86. The Morgan fingerprint density at radius 1 is 1.05 bits per heavy atom. The maximum absolute atomic E-state index is 13.0. The molecule has 20 heavy (non-hydrogen) atoms. The van der Waals surface area contributed by atoms with Gasteiger partial charge in [0, 0.05) is 0 Å². The van der Waals surface area contributed by atoms with Crippen LogP contribution in [0.4, 0.5) is 4.39 Å². The third-order valence-corrected chi connectivity index (χ3v) is 3.95. The molecule has 0 bridgehead atoms. The first kappa shape index (κ1) is 17.5. The summed E-state index contributed by atoms with van der Waals surface area (Å²) in [5.74, 6) is -0.435. The van der Waals surface area contributed by atoms with Gasteiger partial charge in [0.2, 0.25) is 0 Å². The minimum absolute atomic E-state index is 0.0810. The van der Waals surface area contributed by atoms with Crippen LogP contribution in [0.15, 0.2) is 18.2 Å². The highest BCUT2D eigenvalue weighted by molar-refractivity contribution is 6.30. The minimum Gasteiger partial charge on any atom is -0.388 e. The standard InChI is InChI=1S/C17H26ClFO/c1-2-3-4-5-6-7-8-9-10-17(20)14-11-12-16(19)15(18)13-14/h11-13,17,20H,2-10H2,1H3. The maximum Gasteiger partial charge on any atom is 0.141 e. The highest BCUT2D eigenvalue weighted by Gasteiger charge is 2.09. The largest absolute Gasteiger partial charge is 0.388 e. The first-order valence-corrected chi connectivity index (χ1v) is 8.16. The third kappa shape index (κ3) is 6.71. The lowest BCUT2D eigenvalue weighted by Crippen LogP contribution is -1.98. The second kappa shape index (κ2) is 10.2. The number of unbranched alkanes of at least 4 members (excludes halogenated alkanes) is 7. The van der Waals surface area contributed by atoms with Gasteiger partial charge in [-0.25, -0.2) is 4.39 Å². The molecule has 0 aliphatic carbocycles. The molecule has 0 radical (unpaired) electrons. The molecule has 114 valence electrons. The lowest BCUT2D eigenvalue weighted by Gasteiger charge is -2.11. The fourth-order valence-electron chi connectivity index (χ4n) is 2.36. The van der Waals surface area contributed by atoms with Crippen LogP contribution in [-0.2, 0) is 0 Å². The Bertz CT molecular complexity index is 381. The molecule has 0 aromatic heterocycles. The summed E-state index contributed by atoms with van der Waals surface area (Å²) < 4.78 is 13.0. The van der Waals surface area contributed by atoms with Crippen molar-refractivity contribution < 1.29 is 9.50 Å². The maximum atomic E-state index is 13.0. The van der Waals surface area contributed by atoms with Crippen LogP contribution in [0.5, 0.6) is 0 Å². The van der Waals surface area contributed by atoms with Gasteiger partial charge in [-0.3, -0.25) is 0 Å². The second-order valence-electron chi connectivity index (χ2n) is 5.45. The minimum atomic E-state index is -0.534. The third-order valence-electron chi connectivity index (χ3n) is 3.66. The summed E-state index contributed by atoms with van der Waals surface area (Å²) in [6, 6.07) is 4.44. The van der Waals surface area contributed by atoms with E-state index < -0.39 is 11.9 Å². The molecule has 1 aromatic carbocycles. The van der Waals surface area contributed by atoms with E-state index in [-0.39, 0.29) is 5.02 Å². The fraction of sp³-hybridized carbons (Fsp3) is 0.647. The number of halogens is 2. The highest BCUT2D eigenvalue weighted by atomic mass is 35.5. The first-order chi connectivity index (χ1) is 9.65. The highest BCUT2D eigenvalue weighted by Crippen LogP contribution is 2.24. The van der Waals surface area contributed by atoms with Crippen molar-refractivity contribution in [2.24, 2.45) is 0 Å². The summed E-state index contributed by atoms with van der Waals surface area (Å²) in [7, 11) is 0. The van der Waals surface area contributed by atoms with E-state index >= 15 is 0 Å². The van der Waals surface area contributed by atoms with Crippen LogP contribution in [0.25, 0.3) is 0 Å². The van der Waals surface area contributed by atoms with E-state index in [1.54, 1.807) is 6.07 Å². The van der Waals surface area contributed by atoms with Gasteiger partial charge in [0.1, 0.15) is 5.82 Å². The Labute approximate surface area is 127 Å². The van der Waals surface area contributed by atoms with Crippen LogP contribution < -0.4 is 0 Å². The lowest BCUT2D eigenvalue weighted by molar-refractivity contribution is 0.163. The number of rotatable bonds is 10. The van der Waals surface area contributed by atoms with E-state index in [1.165, 1.54) is 50.7 Å². The monoisotopic (exact) mass is 300 g/mol. The molecular formula is C17H26ClFO. The molecule has 0 saturated heterocycles. The van der Waals surface area contributed by atoms with Crippen LogP contribution in [-0.4, -0.2) is 5.11 Å². The summed E-state index contributed by atoms with van der Waals surface area (Å²) in [6.45, 7) is 2.23. The summed E-state index contributed by atoms with van der Waals surface area (Å²) in [4.78, 5) is 0. The molecule has 1 N–H and O–H groups in total. The van der Waals surface area contributed by atoms with Crippen LogP contribution in [0.3, 0.4) is 0 Å². The van der Waals surface area contributed by atoms with Crippen LogP contribution >= 0.6 is 11.6 Å². The Morgan fingerprint density at radius 3 is 2.25 bits per heavy atom. The van der Waals surface area contributed by atoms with E-state index in [4.69, 9.17) is 11.6 Å². The Kier molecular flexibility index (Phi) is 8.88. The first-order valence-electron chi connectivity index (χ1n) is 7.78. The van der Waals surface area contributed by atoms with E-state index in [1.807, 2.05) is 0 Å². The van der Waals surface area contributed by atoms with Gasteiger partial charge >= 0.3 is 0 Å². The fourth-order valence-corrected chi connectivity index (χ4v) is 2.55. The molecule has 0 saturated carbocycles. The van der Waals surface area contributed by atoms with E-state index in [0.29, 0.717) is 5.56 Å². The van der Waals surface area contributed by atoms with Gasteiger partial charge in [-0.15, -0.1) is 0 Å². The van der Waals surface area contributed by atoms with E-state index in [2.05, 4.69) is 6.92 Å². The topological polar surface area (TPSA) is 20.2 Å². The van der Waals surface area contributed by atoms with Gasteiger partial charge in [-0.2, -0.15) is 0 Å². The number of hydrogen-bond acceptors (Lipinski definition) is 1. The van der Waals surface area contributed by atoms with Gasteiger partial charge in [-0.05, 0) is 24.1 Å². The zero-order valence-corrected chi connectivity index (χ0v) is 13.1. The quantitative estimate of drug-likeness (QED) is 0.522. The van der Waals surface area contributed by atoms with Crippen molar-refractivity contribution in [3.63, 3.8) is 0 Å². The van der Waals surface area contributed by atoms with Crippen molar-refractivity contribution in [1.82, 2.24) is 0 Å². The molecule has 0 amide bonds. The van der Waals surface area contributed by atoms with Gasteiger partial charge in [0.05, 0.1) is 11.1 Å². The molecule has 0 fully saturated rings. The number of aliphatic hydroxyl groups excluding tert-OH is 1. The van der Waals surface area contributed by atoms with Gasteiger partial charge < -0.3 is 5.11 Å². The average Bonchev–Trinajstić information content (AvgIpc) is 2.44. The zero-order valence-electron chi connectivity index (χ0n) is 12.4. The predicted octanol–water partition coefficient (Wildman–Crippen LogP) is 6.04. The molecule has 1 atom stereocenters. The van der Waals surface area contributed by atoms with Crippen molar-refractivity contribution >= 4 is 11.6 Å². The van der Waals surface area contributed by atoms with Crippen LogP contribution in [0.2, 0.25) is 5.02 Å². The van der Waals surface area contributed by atoms with Gasteiger partial charge in [-0.1, -0.05) is 76.0 Å². The normalized spacial score (nSPS) is 12.6. The van der Waals surface area contributed by atoms with Crippen molar-refractivity contribution in [3.8, 4) is 0 Å². The number of aliphatic hydroxyl groups is 1. The van der Waals surface area contributed by atoms with Crippen molar-refractivity contribution in [2.45, 2.75) is 70.8 Å². The molecule has 0 aliphatic heterocycles. The number of benzene rings is 1. The van der Waals surface area contributed by atoms with Crippen molar-refractivity contribution in [2.75, 3.05) is 0 Å². The molecule has 1 rings (SSSR count). The van der Waals surface area contributed by atoms with E-state index in [9.17, 15) is 9.50 Å². The Morgan fingerprint density at radius 2 is 1.65 bits per heavy atom. The molecule has 0 aliphatic rings. The molecule has 3 heteroatoms. The zero-order chi connectivity index (χ0) is 14.8. The summed E-state index contributed by atoms with van der Waals surface area (Å²) in [5, 5.41) is 10.1. The van der Waals surface area contributed by atoms with E-state index in [0.717, 1.165) is 19.3 Å². The summed E-state index contributed by atoms with van der Waals surface area (Å²) >= 11 is 5.72. The molecule has 0 heterocycles. The molecule has 0 spiro atoms. The molecule has 1 unspecified atom stereocenters.